The zero-order chi connectivity index (χ0) is 9.69. The van der Waals surface area contributed by atoms with Crippen LogP contribution in [0.25, 0.3) is 0 Å². The van der Waals surface area contributed by atoms with Gasteiger partial charge in [0.15, 0.2) is 5.78 Å². The van der Waals surface area contributed by atoms with Crippen molar-refractivity contribution in [2.45, 2.75) is 13.8 Å². The van der Waals surface area contributed by atoms with Gasteiger partial charge < -0.3 is 0 Å². The number of carbonyl (C=O) groups is 1. The van der Waals surface area contributed by atoms with Crippen molar-refractivity contribution >= 4 is 5.78 Å². The summed E-state index contributed by atoms with van der Waals surface area (Å²) in [4.78, 5) is 12.1. The summed E-state index contributed by atoms with van der Waals surface area (Å²) in [5, 5.41) is 0. The van der Waals surface area contributed by atoms with Gasteiger partial charge in [-0.2, -0.15) is 0 Å². The molecular weight excluding hydrogens is 160 g/mol. The first kappa shape index (κ1) is 8.49. The van der Waals surface area contributed by atoms with E-state index in [2.05, 4.69) is 18.7 Å². The zero-order valence-electron chi connectivity index (χ0n) is 8.08. The van der Waals surface area contributed by atoms with Crippen LogP contribution in [-0.4, -0.2) is 5.78 Å². The van der Waals surface area contributed by atoms with Gasteiger partial charge in [0.1, 0.15) is 0 Å². The maximum Gasteiger partial charge on any atom is 0.156 e. The summed E-state index contributed by atoms with van der Waals surface area (Å²) < 4.78 is 0. The highest BCUT2D eigenvalue weighted by atomic mass is 16.1. The first-order chi connectivity index (χ1) is 6.03. The van der Waals surface area contributed by atoms with Crippen molar-refractivity contribution in [2.75, 3.05) is 0 Å². The van der Waals surface area contributed by atoms with Crippen LogP contribution in [0.3, 0.4) is 0 Å². The predicted octanol–water partition coefficient (Wildman–Crippen LogP) is 2.51. The molecule has 3 aliphatic rings. The molecule has 1 heteroatoms. The van der Waals surface area contributed by atoms with Crippen molar-refractivity contribution < 1.29 is 4.79 Å². The van der Waals surface area contributed by atoms with Gasteiger partial charge in [-0.1, -0.05) is 30.4 Å². The second kappa shape index (κ2) is 2.22. The highest BCUT2D eigenvalue weighted by Gasteiger charge is 2.49. The highest BCUT2D eigenvalue weighted by Crippen LogP contribution is 2.48. The Morgan fingerprint density at radius 1 is 1.38 bits per heavy atom. The molecule has 0 heterocycles. The number of Topliss-reactive ketones (excluding diaryl/α,β-unsaturated/α-hetero) is 1. The summed E-state index contributed by atoms with van der Waals surface area (Å²) in [6.45, 7) is 7.70. The summed E-state index contributed by atoms with van der Waals surface area (Å²) in [5.41, 5.74) is -0.782. The van der Waals surface area contributed by atoms with Crippen molar-refractivity contribution in [3.63, 3.8) is 0 Å². The molecule has 3 rings (SSSR count). The third-order valence-electron chi connectivity index (χ3n) is 3.39. The fourth-order valence-corrected chi connectivity index (χ4v) is 2.24. The topological polar surface area (TPSA) is 17.1 Å². The maximum atomic E-state index is 12.1. The smallest absolute Gasteiger partial charge is 0.156 e. The van der Waals surface area contributed by atoms with E-state index in [1.165, 1.54) is 0 Å². The van der Waals surface area contributed by atoms with Crippen LogP contribution in [0.1, 0.15) is 13.8 Å². The van der Waals surface area contributed by atoms with Gasteiger partial charge in [0.25, 0.3) is 0 Å². The van der Waals surface area contributed by atoms with Crippen LogP contribution in [0.2, 0.25) is 0 Å². The number of carbonyl (C=O) groups excluding carboxylic acids is 1. The largest absolute Gasteiger partial charge is 0.297 e. The molecule has 0 saturated heterocycles. The fourth-order valence-electron chi connectivity index (χ4n) is 2.24. The van der Waals surface area contributed by atoms with Crippen LogP contribution in [0.4, 0.5) is 0 Å². The molecule has 0 radical (unpaired) electrons. The minimum atomic E-state index is -0.391. The van der Waals surface area contributed by atoms with Gasteiger partial charge in [-0.05, 0) is 13.8 Å². The number of rotatable bonds is 1. The van der Waals surface area contributed by atoms with E-state index in [-0.39, 0.29) is 11.7 Å². The van der Waals surface area contributed by atoms with Gasteiger partial charge in [0.2, 0.25) is 0 Å². The van der Waals surface area contributed by atoms with E-state index >= 15 is 0 Å². The Labute approximate surface area is 78.8 Å². The van der Waals surface area contributed by atoms with E-state index in [4.69, 9.17) is 0 Å². The summed E-state index contributed by atoms with van der Waals surface area (Å²) >= 11 is 0. The zero-order valence-corrected chi connectivity index (χ0v) is 8.08. The highest BCUT2D eigenvalue weighted by molar-refractivity contribution is 5.97. The van der Waals surface area contributed by atoms with E-state index in [0.717, 1.165) is 0 Å². The minimum absolute atomic E-state index is 0.208. The molecule has 0 aromatic carbocycles. The molecule has 3 aliphatic carbocycles. The van der Waals surface area contributed by atoms with Crippen molar-refractivity contribution in [3.05, 3.63) is 37.0 Å². The van der Waals surface area contributed by atoms with Crippen molar-refractivity contribution in [3.8, 4) is 0 Å². The molecule has 13 heavy (non-hydrogen) atoms. The standard InChI is InChI=1S/C12H14O/c1-4-12(3)9-5-7-11(2,8-6-9)10(12)13/h4-9H,1H2,2-3H3/t9?,11?,12-/m1/s1. The molecule has 0 unspecified atom stereocenters. The minimum Gasteiger partial charge on any atom is -0.297 e. The summed E-state index contributed by atoms with van der Waals surface area (Å²) in [7, 11) is 0. The molecule has 0 aromatic heterocycles. The Morgan fingerprint density at radius 2 is 1.92 bits per heavy atom. The number of hydrogen-bond acceptors (Lipinski definition) is 1. The number of ketones is 1. The number of allylic oxidation sites excluding steroid dienone is 5. The molecule has 2 bridgehead atoms. The summed E-state index contributed by atoms with van der Waals surface area (Å²) in [6.07, 6.45) is 10.0. The van der Waals surface area contributed by atoms with Crippen LogP contribution in [-0.2, 0) is 4.79 Å². The molecule has 0 amide bonds. The van der Waals surface area contributed by atoms with Gasteiger partial charge in [0, 0.05) is 5.92 Å². The van der Waals surface area contributed by atoms with Crippen molar-refractivity contribution in [2.24, 2.45) is 16.7 Å². The molecule has 0 saturated carbocycles. The van der Waals surface area contributed by atoms with E-state index < -0.39 is 10.8 Å². The summed E-state index contributed by atoms with van der Waals surface area (Å²) in [6, 6.07) is 0. The average Bonchev–Trinajstić information content (AvgIpc) is 2.15. The monoisotopic (exact) mass is 174 g/mol. The molecule has 0 spiro atoms. The van der Waals surface area contributed by atoms with Gasteiger partial charge in [-0.25, -0.2) is 0 Å². The first-order valence-electron chi connectivity index (χ1n) is 4.60. The third kappa shape index (κ3) is 0.846. The first-order valence-corrected chi connectivity index (χ1v) is 4.60. The normalized spacial score (nSPS) is 46.9. The van der Waals surface area contributed by atoms with E-state index in [9.17, 15) is 4.79 Å². The number of fused-ring (bicyclic) bond motifs is 1. The van der Waals surface area contributed by atoms with Crippen LogP contribution >= 0.6 is 0 Å². The second-order valence-corrected chi connectivity index (χ2v) is 4.34. The van der Waals surface area contributed by atoms with Crippen LogP contribution in [0, 0.1) is 16.7 Å². The average molecular weight is 174 g/mol. The second-order valence-electron chi connectivity index (χ2n) is 4.34. The van der Waals surface area contributed by atoms with E-state index in [1.54, 1.807) is 6.08 Å². The van der Waals surface area contributed by atoms with Crippen LogP contribution in [0.15, 0.2) is 37.0 Å². The molecule has 1 nitrogen and oxygen atoms in total. The third-order valence-corrected chi connectivity index (χ3v) is 3.39. The van der Waals surface area contributed by atoms with Gasteiger partial charge in [-0.15, -0.1) is 6.58 Å². The maximum absolute atomic E-state index is 12.1. The van der Waals surface area contributed by atoms with Gasteiger partial charge in [-0.3, -0.25) is 4.79 Å². The molecule has 0 N–H and O–H groups in total. The Bertz CT molecular complexity index is 321. The molecule has 68 valence electrons. The van der Waals surface area contributed by atoms with Gasteiger partial charge in [0.05, 0.1) is 10.8 Å². The molecule has 0 aromatic rings. The SMILES string of the molecule is C=C[C@@]1(C)C(=O)C2(C)C=CC1C=C2. The van der Waals surface area contributed by atoms with Crippen molar-refractivity contribution in [1.29, 1.82) is 0 Å². The Hall–Kier alpha value is -1.11. The van der Waals surface area contributed by atoms with E-state index in [1.807, 2.05) is 26.0 Å². The van der Waals surface area contributed by atoms with E-state index in [0.29, 0.717) is 0 Å². The quantitative estimate of drug-likeness (QED) is 0.558. The molecule has 0 aliphatic heterocycles. The lowest BCUT2D eigenvalue weighted by molar-refractivity contribution is -0.133. The lowest BCUT2D eigenvalue weighted by atomic mass is 9.57. The fraction of sp³-hybridized carbons (Fsp3) is 0.417. The summed E-state index contributed by atoms with van der Waals surface area (Å²) in [5.74, 6) is 0.476. The van der Waals surface area contributed by atoms with Crippen LogP contribution in [0.5, 0.6) is 0 Å². The molecule has 1 atom stereocenters. The number of hydrogen-bond donors (Lipinski definition) is 0. The van der Waals surface area contributed by atoms with Gasteiger partial charge >= 0.3 is 0 Å². The lowest BCUT2D eigenvalue weighted by Gasteiger charge is -2.44. The molecule has 0 fully saturated rings. The Kier molecular flexibility index (Phi) is 1.45. The van der Waals surface area contributed by atoms with Crippen LogP contribution < -0.4 is 0 Å². The van der Waals surface area contributed by atoms with Crippen molar-refractivity contribution in [1.82, 2.24) is 0 Å². The Morgan fingerprint density at radius 3 is 2.31 bits per heavy atom. The molecular formula is C12H14O. The predicted molar refractivity (Wildman–Crippen MR) is 53.2 cm³/mol. The lowest BCUT2D eigenvalue weighted by Crippen LogP contribution is -2.47. The Balaban J connectivity index is 2.60.